The molecule has 0 aliphatic rings. The number of benzene rings is 1. The van der Waals surface area contributed by atoms with Gasteiger partial charge < -0.3 is 10.6 Å². The third kappa shape index (κ3) is 5.70. The van der Waals surface area contributed by atoms with E-state index in [1.807, 2.05) is 0 Å². The Labute approximate surface area is 144 Å². The molecule has 7 nitrogen and oxygen atoms in total. The zero-order valence-corrected chi connectivity index (χ0v) is 14.5. The number of amides is 4. The van der Waals surface area contributed by atoms with Crippen molar-refractivity contribution in [3.8, 4) is 0 Å². The summed E-state index contributed by atoms with van der Waals surface area (Å²) >= 11 is 12.0. The van der Waals surface area contributed by atoms with Crippen LogP contribution in [0, 0.1) is 0 Å². The second-order valence-corrected chi connectivity index (χ2v) is 5.62. The molecular formula is C14H18Cl2N4O3. The maximum absolute atomic E-state index is 12.1. The predicted octanol–water partition coefficient (Wildman–Crippen LogP) is 1.71. The van der Waals surface area contributed by atoms with Crippen LogP contribution >= 0.6 is 23.2 Å². The summed E-state index contributed by atoms with van der Waals surface area (Å²) in [5, 5.41) is 7.66. The van der Waals surface area contributed by atoms with Crippen molar-refractivity contribution in [2.45, 2.75) is 13.0 Å². The molecule has 3 N–H and O–H groups in total. The predicted molar refractivity (Wildman–Crippen MR) is 89.8 cm³/mol. The molecule has 1 aromatic carbocycles. The van der Waals surface area contributed by atoms with Crippen LogP contribution in [0.1, 0.15) is 6.92 Å². The monoisotopic (exact) mass is 360 g/mol. The Bertz CT molecular complexity index is 589. The highest BCUT2D eigenvalue weighted by Crippen LogP contribution is 2.29. The number of imide groups is 1. The molecular weight excluding hydrogens is 343 g/mol. The Kier molecular flexibility index (Phi) is 7.28. The van der Waals surface area contributed by atoms with E-state index in [4.69, 9.17) is 23.2 Å². The van der Waals surface area contributed by atoms with Crippen LogP contribution in [0.4, 0.5) is 10.5 Å². The van der Waals surface area contributed by atoms with Gasteiger partial charge in [-0.1, -0.05) is 29.3 Å². The topological polar surface area (TPSA) is 90.5 Å². The average molecular weight is 361 g/mol. The highest BCUT2D eigenvalue weighted by Gasteiger charge is 2.22. The molecule has 1 aromatic rings. The van der Waals surface area contributed by atoms with E-state index in [1.54, 1.807) is 32.2 Å². The third-order valence-corrected chi connectivity index (χ3v) is 3.75. The Hall–Kier alpha value is -1.83. The SMILES string of the molecule is CNC(=O)NC(=O)[C@@H](C)N(C)CC(=O)Nc1c(Cl)cccc1Cl. The van der Waals surface area contributed by atoms with Crippen LogP contribution < -0.4 is 16.0 Å². The number of nitrogens with zero attached hydrogens (tertiary/aromatic N) is 1. The maximum Gasteiger partial charge on any atom is 0.321 e. The van der Waals surface area contributed by atoms with Crippen LogP contribution in [-0.2, 0) is 9.59 Å². The summed E-state index contributed by atoms with van der Waals surface area (Å²) < 4.78 is 0. The van der Waals surface area contributed by atoms with E-state index < -0.39 is 18.0 Å². The van der Waals surface area contributed by atoms with E-state index in [2.05, 4.69) is 16.0 Å². The molecule has 0 unspecified atom stereocenters. The molecule has 126 valence electrons. The first-order valence-electron chi connectivity index (χ1n) is 6.73. The van der Waals surface area contributed by atoms with Gasteiger partial charge in [-0.2, -0.15) is 0 Å². The molecule has 0 aliphatic carbocycles. The zero-order valence-electron chi connectivity index (χ0n) is 12.9. The molecule has 0 saturated carbocycles. The molecule has 0 aromatic heterocycles. The fraction of sp³-hybridized carbons (Fsp3) is 0.357. The quantitative estimate of drug-likeness (QED) is 0.745. The summed E-state index contributed by atoms with van der Waals surface area (Å²) in [6, 6.07) is 3.58. The van der Waals surface area contributed by atoms with E-state index >= 15 is 0 Å². The van der Waals surface area contributed by atoms with Gasteiger partial charge in [0.25, 0.3) is 0 Å². The van der Waals surface area contributed by atoms with E-state index in [1.165, 1.54) is 11.9 Å². The number of rotatable bonds is 5. The summed E-state index contributed by atoms with van der Waals surface area (Å²) in [6.45, 7) is 1.50. The molecule has 9 heteroatoms. The highest BCUT2D eigenvalue weighted by atomic mass is 35.5. The smallest absolute Gasteiger partial charge is 0.321 e. The normalized spacial score (nSPS) is 11.7. The van der Waals surface area contributed by atoms with Gasteiger partial charge in [0.1, 0.15) is 0 Å². The summed E-state index contributed by atoms with van der Waals surface area (Å²) in [6.07, 6.45) is 0. The average Bonchev–Trinajstić information content (AvgIpc) is 2.49. The lowest BCUT2D eigenvalue weighted by atomic mass is 10.2. The number of carbonyl (C=O) groups is 3. The largest absolute Gasteiger partial charge is 0.341 e. The number of hydrogen-bond donors (Lipinski definition) is 3. The first kappa shape index (κ1) is 19.2. The van der Waals surface area contributed by atoms with Crippen molar-refractivity contribution in [3.05, 3.63) is 28.2 Å². The number of carbonyl (C=O) groups excluding carboxylic acids is 3. The number of halogens is 2. The second-order valence-electron chi connectivity index (χ2n) is 4.80. The molecule has 23 heavy (non-hydrogen) atoms. The maximum atomic E-state index is 12.1. The standard InChI is InChI=1S/C14H18Cl2N4O3/c1-8(13(22)19-14(23)17-2)20(3)7-11(21)18-12-9(15)5-4-6-10(12)16/h4-6,8H,7H2,1-3H3,(H,18,21)(H2,17,19,22,23)/t8-/m1/s1. The fourth-order valence-corrected chi connectivity index (χ4v) is 2.13. The molecule has 4 amide bonds. The van der Waals surface area contributed by atoms with Crippen LogP contribution in [0.2, 0.25) is 10.0 Å². The van der Waals surface area contributed by atoms with E-state index in [0.29, 0.717) is 15.7 Å². The number of hydrogen-bond acceptors (Lipinski definition) is 4. The van der Waals surface area contributed by atoms with Gasteiger partial charge in [-0.3, -0.25) is 19.8 Å². The molecule has 0 radical (unpaired) electrons. The lowest BCUT2D eigenvalue weighted by Crippen LogP contribution is -2.49. The van der Waals surface area contributed by atoms with Gasteiger partial charge in [0, 0.05) is 7.05 Å². The molecule has 1 atom stereocenters. The van der Waals surface area contributed by atoms with Crippen molar-refractivity contribution in [2.75, 3.05) is 26.0 Å². The van der Waals surface area contributed by atoms with Gasteiger partial charge in [0.15, 0.2) is 0 Å². The second kappa shape index (κ2) is 8.71. The zero-order chi connectivity index (χ0) is 17.6. The Morgan fingerprint density at radius 2 is 1.78 bits per heavy atom. The molecule has 0 aliphatic heterocycles. The lowest BCUT2D eigenvalue weighted by Gasteiger charge is -2.23. The first-order valence-corrected chi connectivity index (χ1v) is 7.48. The van der Waals surface area contributed by atoms with Crippen molar-refractivity contribution in [1.82, 2.24) is 15.5 Å². The van der Waals surface area contributed by atoms with E-state index in [0.717, 1.165) is 0 Å². The van der Waals surface area contributed by atoms with Crippen LogP contribution in [0.5, 0.6) is 0 Å². The number of urea groups is 1. The van der Waals surface area contributed by atoms with Gasteiger partial charge in [0.05, 0.1) is 28.3 Å². The van der Waals surface area contributed by atoms with Gasteiger partial charge in [0.2, 0.25) is 11.8 Å². The first-order chi connectivity index (χ1) is 10.8. The number of anilines is 1. The lowest BCUT2D eigenvalue weighted by molar-refractivity contribution is -0.125. The number of likely N-dealkylation sites (N-methyl/N-ethyl adjacent to an activating group) is 1. The van der Waals surface area contributed by atoms with Crippen molar-refractivity contribution < 1.29 is 14.4 Å². The van der Waals surface area contributed by atoms with Crippen LogP contribution in [0.15, 0.2) is 18.2 Å². The van der Waals surface area contributed by atoms with Gasteiger partial charge >= 0.3 is 6.03 Å². The Balaban J connectivity index is 2.63. The van der Waals surface area contributed by atoms with Crippen molar-refractivity contribution in [1.29, 1.82) is 0 Å². The Morgan fingerprint density at radius 3 is 2.30 bits per heavy atom. The minimum absolute atomic E-state index is 0.0795. The minimum Gasteiger partial charge on any atom is -0.341 e. The molecule has 0 saturated heterocycles. The van der Waals surface area contributed by atoms with Crippen molar-refractivity contribution in [2.24, 2.45) is 0 Å². The molecule has 0 fully saturated rings. The third-order valence-electron chi connectivity index (χ3n) is 3.12. The number of para-hydroxylation sites is 1. The highest BCUT2D eigenvalue weighted by molar-refractivity contribution is 6.39. The van der Waals surface area contributed by atoms with Crippen LogP contribution in [0.3, 0.4) is 0 Å². The van der Waals surface area contributed by atoms with Crippen LogP contribution in [-0.4, -0.2) is 49.4 Å². The van der Waals surface area contributed by atoms with E-state index in [9.17, 15) is 14.4 Å². The molecule has 0 heterocycles. The minimum atomic E-state index is -0.681. The van der Waals surface area contributed by atoms with Crippen molar-refractivity contribution >= 4 is 46.7 Å². The molecule has 1 rings (SSSR count). The van der Waals surface area contributed by atoms with Gasteiger partial charge in [-0.15, -0.1) is 0 Å². The summed E-state index contributed by atoms with van der Waals surface area (Å²) in [7, 11) is 2.99. The molecule has 0 spiro atoms. The van der Waals surface area contributed by atoms with Gasteiger partial charge in [-0.05, 0) is 26.1 Å². The van der Waals surface area contributed by atoms with Gasteiger partial charge in [-0.25, -0.2) is 4.79 Å². The van der Waals surface area contributed by atoms with E-state index in [-0.39, 0.29) is 12.5 Å². The molecule has 0 bridgehead atoms. The number of nitrogens with one attached hydrogen (secondary N) is 3. The summed E-state index contributed by atoms with van der Waals surface area (Å²) in [5.41, 5.74) is 0.316. The fourth-order valence-electron chi connectivity index (χ4n) is 1.64. The summed E-state index contributed by atoms with van der Waals surface area (Å²) in [5.74, 6) is -0.905. The van der Waals surface area contributed by atoms with Crippen LogP contribution in [0.25, 0.3) is 0 Å². The van der Waals surface area contributed by atoms with Crippen molar-refractivity contribution in [3.63, 3.8) is 0 Å². The summed E-state index contributed by atoms with van der Waals surface area (Å²) in [4.78, 5) is 36.5. The Morgan fingerprint density at radius 1 is 1.22 bits per heavy atom.